The van der Waals surface area contributed by atoms with E-state index in [4.69, 9.17) is 4.74 Å². The number of thiol groups is 1. The standard InChI is InChI=1S/C16H16BrNO2S/c1-20-15-5-3-2-4-11(15)8-9-18-16(19)13-10-12(21)6-7-14(13)17/h2-7,10,21H,8-9H2,1H3,(H,18,19). The molecule has 0 aliphatic carbocycles. The maximum atomic E-state index is 12.2. The molecule has 2 rings (SSSR count). The maximum Gasteiger partial charge on any atom is 0.252 e. The fourth-order valence-electron chi connectivity index (χ4n) is 2.00. The topological polar surface area (TPSA) is 38.3 Å². The molecule has 0 unspecified atom stereocenters. The molecule has 0 aromatic heterocycles. The minimum atomic E-state index is -0.118. The second-order valence-electron chi connectivity index (χ2n) is 4.48. The molecule has 0 aliphatic heterocycles. The van der Waals surface area contributed by atoms with Gasteiger partial charge >= 0.3 is 0 Å². The highest BCUT2D eigenvalue weighted by atomic mass is 79.9. The normalized spacial score (nSPS) is 10.2. The molecule has 0 bridgehead atoms. The van der Waals surface area contributed by atoms with Gasteiger partial charge in [0.1, 0.15) is 5.75 Å². The summed E-state index contributed by atoms with van der Waals surface area (Å²) in [5.41, 5.74) is 1.66. The number of halogens is 1. The molecule has 3 nitrogen and oxygen atoms in total. The first-order chi connectivity index (χ1) is 10.1. The van der Waals surface area contributed by atoms with Crippen molar-refractivity contribution in [3.05, 3.63) is 58.1 Å². The Morgan fingerprint density at radius 1 is 1.29 bits per heavy atom. The van der Waals surface area contributed by atoms with Gasteiger partial charge in [-0.1, -0.05) is 18.2 Å². The van der Waals surface area contributed by atoms with Gasteiger partial charge in [-0.2, -0.15) is 0 Å². The van der Waals surface area contributed by atoms with Gasteiger partial charge in [0.15, 0.2) is 0 Å². The summed E-state index contributed by atoms with van der Waals surface area (Å²) in [5.74, 6) is 0.720. The predicted octanol–water partition coefficient (Wildman–Crippen LogP) is 3.72. The number of methoxy groups -OCH3 is 1. The maximum absolute atomic E-state index is 12.2. The van der Waals surface area contributed by atoms with Crippen LogP contribution in [-0.2, 0) is 6.42 Å². The highest BCUT2D eigenvalue weighted by Crippen LogP contribution is 2.20. The van der Waals surface area contributed by atoms with Crippen molar-refractivity contribution in [1.82, 2.24) is 5.32 Å². The van der Waals surface area contributed by atoms with Crippen molar-refractivity contribution in [1.29, 1.82) is 0 Å². The molecule has 0 radical (unpaired) electrons. The predicted molar refractivity (Wildman–Crippen MR) is 90.4 cm³/mol. The third kappa shape index (κ3) is 4.25. The number of carbonyl (C=O) groups excluding carboxylic acids is 1. The van der Waals surface area contributed by atoms with Crippen molar-refractivity contribution < 1.29 is 9.53 Å². The lowest BCUT2D eigenvalue weighted by Gasteiger charge is -2.10. The Labute approximate surface area is 138 Å². The summed E-state index contributed by atoms with van der Waals surface area (Å²) in [4.78, 5) is 12.9. The fraction of sp³-hybridized carbons (Fsp3) is 0.188. The van der Waals surface area contributed by atoms with E-state index in [1.54, 1.807) is 13.2 Å². The molecule has 5 heteroatoms. The lowest BCUT2D eigenvalue weighted by Crippen LogP contribution is -2.26. The summed E-state index contributed by atoms with van der Waals surface area (Å²) in [7, 11) is 1.65. The molecule has 0 fully saturated rings. The number of carbonyl (C=O) groups is 1. The SMILES string of the molecule is COc1ccccc1CCNC(=O)c1cc(S)ccc1Br. The summed E-state index contributed by atoms with van der Waals surface area (Å²) in [5, 5.41) is 2.91. The van der Waals surface area contributed by atoms with E-state index in [9.17, 15) is 4.79 Å². The summed E-state index contributed by atoms with van der Waals surface area (Å²) in [6, 6.07) is 13.2. The van der Waals surface area contributed by atoms with E-state index in [1.807, 2.05) is 36.4 Å². The number of rotatable bonds is 5. The Kier molecular flexibility index (Phi) is 5.70. The van der Waals surface area contributed by atoms with E-state index in [1.165, 1.54) is 0 Å². The third-order valence-corrected chi connectivity index (χ3v) is 4.04. The Hall–Kier alpha value is -1.46. The number of para-hydroxylation sites is 1. The van der Waals surface area contributed by atoms with Crippen LogP contribution in [0.3, 0.4) is 0 Å². The van der Waals surface area contributed by atoms with Gasteiger partial charge in [-0.05, 0) is 52.2 Å². The van der Waals surface area contributed by atoms with Crippen LogP contribution < -0.4 is 10.1 Å². The first-order valence-electron chi connectivity index (χ1n) is 6.50. The molecule has 110 valence electrons. The zero-order chi connectivity index (χ0) is 15.2. The summed E-state index contributed by atoms with van der Waals surface area (Å²) in [6.45, 7) is 0.544. The zero-order valence-electron chi connectivity index (χ0n) is 11.6. The molecule has 0 saturated carbocycles. The van der Waals surface area contributed by atoms with E-state index >= 15 is 0 Å². The average Bonchev–Trinajstić information content (AvgIpc) is 2.50. The van der Waals surface area contributed by atoms with Gasteiger partial charge in [0.25, 0.3) is 5.91 Å². The quantitative estimate of drug-likeness (QED) is 0.792. The van der Waals surface area contributed by atoms with Gasteiger partial charge in [-0.15, -0.1) is 12.6 Å². The van der Waals surface area contributed by atoms with Crippen LogP contribution in [0.2, 0.25) is 0 Å². The smallest absolute Gasteiger partial charge is 0.252 e. The summed E-state index contributed by atoms with van der Waals surface area (Å²) < 4.78 is 6.05. The number of nitrogens with one attached hydrogen (secondary N) is 1. The van der Waals surface area contributed by atoms with Crippen molar-refractivity contribution in [2.45, 2.75) is 11.3 Å². The molecule has 2 aromatic rings. The first-order valence-corrected chi connectivity index (χ1v) is 7.74. The summed E-state index contributed by atoms with van der Waals surface area (Å²) >= 11 is 7.63. The number of amides is 1. The number of hydrogen-bond donors (Lipinski definition) is 2. The van der Waals surface area contributed by atoms with E-state index in [0.29, 0.717) is 18.5 Å². The minimum Gasteiger partial charge on any atom is -0.496 e. The van der Waals surface area contributed by atoms with Gasteiger partial charge < -0.3 is 10.1 Å². The number of hydrogen-bond acceptors (Lipinski definition) is 3. The Morgan fingerprint density at radius 3 is 2.81 bits per heavy atom. The van der Waals surface area contributed by atoms with Gasteiger partial charge in [-0.25, -0.2) is 0 Å². The molecule has 1 N–H and O–H groups in total. The lowest BCUT2D eigenvalue weighted by molar-refractivity contribution is 0.0953. The third-order valence-electron chi connectivity index (χ3n) is 3.07. The monoisotopic (exact) mass is 365 g/mol. The van der Waals surface area contributed by atoms with Crippen molar-refractivity contribution in [3.63, 3.8) is 0 Å². The molecule has 0 atom stereocenters. The van der Waals surface area contributed by atoms with Crippen LogP contribution >= 0.6 is 28.6 Å². The molecular weight excluding hydrogens is 350 g/mol. The van der Waals surface area contributed by atoms with Crippen LogP contribution in [0.25, 0.3) is 0 Å². The van der Waals surface area contributed by atoms with Crippen molar-refractivity contribution in [3.8, 4) is 5.75 Å². The lowest BCUT2D eigenvalue weighted by atomic mass is 10.1. The van der Waals surface area contributed by atoms with Crippen molar-refractivity contribution in [2.75, 3.05) is 13.7 Å². The van der Waals surface area contributed by atoms with Crippen LogP contribution in [-0.4, -0.2) is 19.6 Å². The van der Waals surface area contributed by atoms with Crippen molar-refractivity contribution in [2.24, 2.45) is 0 Å². The van der Waals surface area contributed by atoms with Gasteiger partial charge in [0, 0.05) is 15.9 Å². The van der Waals surface area contributed by atoms with Gasteiger partial charge in [0.2, 0.25) is 0 Å². The Morgan fingerprint density at radius 2 is 2.05 bits per heavy atom. The molecule has 0 aliphatic rings. The second kappa shape index (κ2) is 7.52. The second-order valence-corrected chi connectivity index (χ2v) is 5.85. The highest BCUT2D eigenvalue weighted by molar-refractivity contribution is 9.10. The molecule has 0 heterocycles. The minimum absolute atomic E-state index is 0.118. The number of benzene rings is 2. The molecule has 1 amide bonds. The van der Waals surface area contributed by atoms with Crippen LogP contribution in [0.5, 0.6) is 5.75 Å². The van der Waals surface area contributed by atoms with E-state index in [-0.39, 0.29) is 5.91 Å². The molecular formula is C16H16BrNO2S. The van der Waals surface area contributed by atoms with Crippen LogP contribution in [0.1, 0.15) is 15.9 Å². The van der Waals surface area contributed by atoms with Gasteiger partial charge in [-0.3, -0.25) is 4.79 Å². The molecule has 21 heavy (non-hydrogen) atoms. The Bertz CT molecular complexity index is 646. The van der Waals surface area contributed by atoms with Crippen molar-refractivity contribution >= 4 is 34.5 Å². The first kappa shape index (κ1) is 15.9. The molecule has 0 spiro atoms. The van der Waals surface area contributed by atoms with Gasteiger partial charge in [0.05, 0.1) is 12.7 Å². The molecule has 2 aromatic carbocycles. The highest BCUT2D eigenvalue weighted by Gasteiger charge is 2.10. The average molecular weight is 366 g/mol. The Balaban J connectivity index is 1.97. The van der Waals surface area contributed by atoms with Crippen LogP contribution in [0.4, 0.5) is 0 Å². The zero-order valence-corrected chi connectivity index (χ0v) is 14.1. The van der Waals surface area contributed by atoms with Crippen LogP contribution in [0, 0.1) is 0 Å². The van der Waals surface area contributed by atoms with E-state index in [0.717, 1.165) is 20.7 Å². The van der Waals surface area contributed by atoms with Crippen LogP contribution in [0.15, 0.2) is 51.8 Å². The van der Waals surface area contributed by atoms with E-state index < -0.39 is 0 Å². The largest absolute Gasteiger partial charge is 0.496 e. The molecule has 0 saturated heterocycles. The summed E-state index contributed by atoms with van der Waals surface area (Å²) in [6.07, 6.45) is 0.716. The van der Waals surface area contributed by atoms with E-state index in [2.05, 4.69) is 33.9 Å². The fourth-order valence-corrected chi connectivity index (χ4v) is 2.63. The number of ether oxygens (including phenoxy) is 1.